The van der Waals surface area contributed by atoms with Crippen LogP contribution in [0.4, 0.5) is 13.6 Å². The summed E-state index contributed by atoms with van der Waals surface area (Å²) in [6.07, 6.45) is 1.19. The van der Waals surface area contributed by atoms with Crippen LogP contribution in [-0.2, 0) is 16.1 Å². The molecule has 3 amide bonds. The number of thioether (sulfide) groups is 1. The maximum absolute atomic E-state index is 12.8. The molecule has 1 aliphatic heterocycles. The van der Waals surface area contributed by atoms with Crippen LogP contribution in [0, 0.1) is 0 Å². The maximum atomic E-state index is 12.8. The van der Waals surface area contributed by atoms with Crippen molar-refractivity contribution in [1.29, 1.82) is 0 Å². The highest BCUT2D eigenvalue weighted by Gasteiger charge is 2.49. The van der Waals surface area contributed by atoms with E-state index in [0.717, 1.165) is 0 Å². The van der Waals surface area contributed by atoms with Crippen molar-refractivity contribution in [3.63, 3.8) is 0 Å². The Morgan fingerprint density at radius 2 is 2.00 bits per heavy atom. The molecule has 1 aromatic carbocycles. The number of ether oxygens (including phenoxy) is 1. The van der Waals surface area contributed by atoms with E-state index in [4.69, 9.17) is 9.15 Å². The summed E-state index contributed by atoms with van der Waals surface area (Å²) in [7, 11) is 1.53. The molecule has 10 heteroatoms. The molecular weight excluding hydrogens is 392 g/mol. The second kappa shape index (κ2) is 8.01. The average molecular weight is 409 g/mol. The smallest absolute Gasteiger partial charge is 0.346 e. The summed E-state index contributed by atoms with van der Waals surface area (Å²) in [6.45, 7) is 1.58. The van der Waals surface area contributed by atoms with Gasteiger partial charge >= 0.3 is 6.03 Å². The number of halogens is 2. The van der Waals surface area contributed by atoms with E-state index in [1.54, 1.807) is 31.2 Å². The molecule has 28 heavy (non-hydrogen) atoms. The highest BCUT2D eigenvalue weighted by molar-refractivity contribution is 7.98. The SMILES string of the molecule is COc1ccc([C@@]2(C)NC(=O)N(/N=C\c3ccc(CSC(F)F)o3)C2=O)cc1. The Bertz CT molecular complexity index is 900. The Labute approximate surface area is 163 Å². The summed E-state index contributed by atoms with van der Waals surface area (Å²) < 4.78 is 34.9. The van der Waals surface area contributed by atoms with E-state index >= 15 is 0 Å². The Hall–Kier alpha value is -2.88. The van der Waals surface area contributed by atoms with Crippen LogP contribution >= 0.6 is 11.8 Å². The van der Waals surface area contributed by atoms with Gasteiger partial charge in [-0.15, -0.1) is 5.01 Å². The first-order valence-electron chi connectivity index (χ1n) is 8.17. The first kappa shape index (κ1) is 19.9. The Balaban J connectivity index is 1.73. The number of nitrogens with zero attached hydrogens (tertiary/aromatic N) is 2. The van der Waals surface area contributed by atoms with Crippen LogP contribution in [0.1, 0.15) is 24.0 Å². The van der Waals surface area contributed by atoms with E-state index in [1.807, 2.05) is 0 Å². The molecule has 3 rings (SSSR count). The number of hydrazone groups is 1. The molecule has 1 aromatic heterocycles. The number of rotatable bonds is 7. The summed E-state index contributed by atoms with van der Waals surface area (Å²) in [5.41, 5.74) is -0.697. The summed E-state index contributed by atoms with van der Waals surface area (Å²) >= 11 is 0.433. The molecular formula is C18H17F2N3O4S. The van der Waals surface area contributed by atoms with Gasteiger partial charge in [0.1, 0.15) is 22.8 Å². The number of furan rings is 1. The third-order valence-electron chi connectivity index (χ3n) is 4.17. The molecule has 0 bridgehead atoms. The van der Waals surface area contributed by atoms with Crippen LogP contribution in [0.3, 0.4) is 0 Å². The average Bonchev–Trinajstić information content (AvgIpc) is 3.22. The number of imide groups is 1. The fraction of sp³-hybridized carbons (Fsp3) is 0.278. The molecule has 1 saturated heterocycles. The lowest BCUT2D eigenvalue weighted by atomic mass is 9.92. The van der Waals surface area contributed by atoms with Crippen molar-refractivity contribution >= 4 is 29.9 Å². The Morgan fingerprint density at radius 1 is 1.29 bits per heavy atom. The van der Waals surface area contributed by atoms with Crippen molar-refractivity contribution in [2.45, 2.75) is 24.0 Å². The molecule has 1 fully saturated rings. The van der Waals surface area contributed by atoms with E-state index in [-0.39, 0.29) is 11.5 Å². The largest absolute Gasteiger partial charge is 0.497 e. The molecule has 1 atom stereocenters. The molecule has 0 spiro atoms. The highest BCUT2D eigenvalue weighted by Crippen LogP contribution is 2.30. The zero-order chi connectivity index (χ0) is 20.3. The summed E-state index contributed by atoms with van der Waals surface area (Å²) in [5.74, 6) is -1.85. The second-order valence-corrected chi connectivity index (χ2v) is 7.00. The number of carbonyl (C=O) groups is 2. The number of nitrogens with one attached hydrogen (secondary N) is 1. The molecule has 7 nitrogen and oxygen atoms in total. The molecule has 2 heterocycles. The molecule has 0 aliphatic carbocycles. The van der Waals surface area contributed by atoms with Crippen LogP contribution in [0.25, 0.3) is 0 Å². The molecule has 1 N–H and O–H groups in total. The van der Waals surface area contributed by atoms with Gasteiger partial charge in [0.05, 0.1) is 19.1 Å². The van der Waals surface area contributed by atoms with Gasteiger partial charge in [0, 0.05) is 0 Å². The van der Waals surface area contributed by atoms with Gasteiger partial charge in [-0.3, -0.25) is 4.79 Å². The number of alkyl halides is 2. The number of methoxy groups -OCH3 is 1. The third kappa shape index (κ3) is 4.01. The fourth-order valence-corrected chi connectivity index (χ4v) is 3.10. The lowest BCUT2D eigenvalue weighted by molar-refractivity contribution is -0.131. The predicted octanol–water partition coefficient (Wildman–Crippen LogP) is 3.55. The number of benzene rings is 1. The molecule has 148 valence electrons. The number of hydrogen-bond donors (Lipinski definition) is 1. The zero-order valence-corrected chi connectivity index (χ0v) is 15.8. The van der Waals surface area contributed by atoms with Crippen molar-refractivity contribution in [1.82, 2.24) is 10.3 Å². The molecule has 1 aliphatic rings. The number of amides is 3. The summed E-state index contributed by atoms with van der Waals surface area (Å²) in [5, 5.41) is 7.22. The molecule has 0 unspecified atom stereocenters. The van der Waals surface area contributed by atoms with Crippen LogP contribution in [0.5, 0.6) is 5.75 Å². The molecule has 0 saturated carbocycles. The lowest BCUT2D eigenvalue weighted by Gasteiger charge is -2.21. The maximum Gasteiger partial charge on any atom is 0.346 e. The topological polar surface area (TPSA) is 84.1 Å². The van der Waals surface area contributed by atoms with E-state index in [1.165, 1.54) is 25.5 Å². The fourth-order valence-electron chi connectivity index (χ4n) is 2.65. The third-order valence-corrected chi connectivity index (χ3v) is 4.87. The quantitative estimate of drug-likeness (QED) is 0.559. The minimum Gasteiger partial charge on any atom is -0.497 e. The highest BCUT2D eigenvalue weighted by atomic mass is 32.2. The molecule has 0 radical (unpaired) electrons. The van der Waals surface area contributed by atoms with Crippen LogP contribution in [0.2, 0.25) is 0 Å². The number of carbonyl (C=O) groups excluding carboxylic acids is 2. The van der Waals surface area contributed by atoms with Gasteiger partial charge in [-0.05, 0) is 36.8 Å². The minimum absolute atomic E-state index is 0.00415. The van der Waals surface area contributed by atoms with Crippen LogP contribution in [-0.4, -0.2) is 36.0 Å². The van der Waals surface area contributed by atoms with Gasteiger partial charge in [-0.2, -0.15) is 13.9 Å². The van der Waals surface area contributed by atoms with Gasteiger partial charge in [0.15, 0.2) is 0 Å². The monoisotopic (exact) mass is 409 g/mol. The van der Waals surface area contributed by atoms with Gasteiger partial charge in [-0.25, -0.2) is 4.79 Å². The Kier molecular flexibility index (Phi) is 5.68. The van der Waals surface area contributed by atoms with Crippen molar-refractivity contribution in [2.24, 2.45) is 5.10 Å². The van der Waals surface area contributed by atoms with E-state index in [2.05, 4.69) is 10.4 Å². The van der Waals surface area contributed by atoms with Crippen molar-refractivity contribution < 1.29 is 27.5 Å². The summed E-state index contributed by atoms with van der Waals surface area (Å²) in [4.78, 5) is 25.0. The first-order valence-corrected chi connectivity index (χ1v) is 9.22. The van der Waals surface area contributed by atoms with Crippen molar-refractivity contribution in [2.75, 3.05) is 7.11 Å². The summed E-state index contributed by atoms with van der Waals surface area (Å²) in [6, 6.07) is 9.12. The van der Waals surface area contributed by atoms with Gasteiger partial charge in [-0.1, -0.05) is 23.9 Å². The second-order valence-electron chi connectivity index (χ2n) is 6.02. The number of urea groups is 1. The van der Waals surface area contributed by atoms with Crippen molar-refractivity contribution in [3.8, 4) is 5.75 Å². The lowest BCUT2D eigenvalue weighted by Crippen LogP contribution is -2.40. The van der Waals surface area contributed by atoms with Crippen LogP contribution < -0.4 is 10.1 Å². The van der Waals surface area contributed by atoms with E-state index in [0.29, 0.717) is 33.8 Å². The van der Waals surface area contributed by atoms with Crippen molar-refractivity contribution in [3.05, 3.63) is 53.5 Å². The standard InChI is InChI=1S/C18H17F2N3O4S/c1-18(11-3-5-12(26-2)6-4-11)15(24)23(17(25)22-18)21-9-13-7-8-14(27-13)10-28-16(19)20/h3-9,16H,10H2,1-2H3,(H,22,25)/b21-9-/t18-/m1/s1. The minimum atomic E-state index is -2.50. The van der Waals surface area contributed by atoms with Gasteiger partial charge in [0.25, 0.3) is 11.7 Å². The van der Waals surface area contributed by atoms with E-state index < -0.39 is 23.2 Å². The molecule has 2 aromatic rings. The van der Waals surface area contributed by atoms with E-state index in [9.17, 15) is 18.4 Å². The predicted molar refractivity (Wildman–Crippen MR) is 99.3 cm³/mol. The Morgan fingerprint density at radius 3 is 2.64 bits per heavy atom. The van der Waals surface area contributed by atoms with Crippen LogP contribution in [0.15, 0.2) is 45.9 Å². The zero-order valence-electron chi connectivity index (χ0n) is 15.0. The first-order chi connectivity index (χ1) is 13.3. The van der Waals surface area contributed by atoms with Gasteiger partial charge in [0.2, 0.25) is 0 Å². The number of hydrogen-bond acceptors (Lipinski definition) is 6. The van der Waals surface area contributed by atoms with Gasteiger partial charge < -0.3 is 14.5 Å². The normalized spacial score (nSPS) is 19.7.